The monoisotopic (exact) mass is 316 g/mol. The van der Waals surface area contributed by atoms with Crippen molar-refractivity contribution in [1.82, 2.24) is 0 Å². The van der Waals surface area contributed by atoms with Crippen LogP contribution in [0.25, 0.3) is 0 Å². The predicted molar refractivity (Wildman–Crippen MR) is 68.2 cm³/mol. The van der Waals surface area contributed by atoms with Gasteiger partial charge < -0.3 is 14.2 Å². The maximum absolute atomic E-state index is 11.9. The zero-order chi connectivity index (χ0) is 13.7. The molecule has 0 N–H and O–H groups in total. The van der Waals surface area contributed by atoms with Crippen molar-refractivity contribution in [1.29, 1.82) is 0 Å². The molecule has 1 rings (SSSR count). The molecule has 0 aliphatic heterocycles. The van der Waals surface area contributed by atoms with Crippen molar-refractivity contribution in [3.05, 3.63) is 22.2 Å². The zero-order valence-corrected chi connectivity index (χ0v) is 11.9. The number of hydrogen-bond acceptors (Lipinski definition) is 5. The van der Waals surface area contributed by atoms with Crippen molar-refractivity contribution >= 4 is 27.7 Å². The summed E-state index contributed by atoms with van der Waals surface area (Å²) in [6.07, 6.45) is 0. The third-order valence-corrected chi connectivity index (χ3v) is 2.80. The number of Topliss-reactive ketones (excluding diaryl/α,β-unsaturated/α-hetero) is 1. The van der Waals surface area contributed by atoms with E-state index in [1.165, 1.54) is 20.3 Å². The molecule has 5 nitrogen and oxygen atoms in total. The van der Waals surface area contributed by atoms with Crippen LogP contribution < -0.4 is 9.47 Å². The Hall–Kier alpha value is -1.56. The number of halogens is 1. The van der Waals surface area contributed by atoms with E-state index in [9.17, 15) is 9.59 Å². The fraction of sp³-hybridized carbons (Fsp3) is 0.333. The summed E-state index contributed by atoms with van der Waals surface area (Å²) in [5.74, 6) is -0.969. The molecule has 0 saturated heterocycles. The van der Waals surface area contributed by atoms with Gasteiger partial charge in [0, 0.05) is 0 Å². The van der Waals surface area contributed by atoms with Gasteiger partial charge >= 0.3 is 5.97 Å². The average molecular weight is 317 g/mol. The molecule has 0 aliphatic carbocycles. The van der Waals surface area contributed by atoms with E-state index < -0.39 is 11.8 Å². The smallest absolute Gasteiger partial charge is 0.379 e. The Bertz CT molecular complexity index is 470. The Morgan fingerprint density at radius 3 is 2.28 bits per heavy atom. The summed E-state index contributed by atoms with van der Waals surface area (Å²) in [5, 5.41) is 0. The lowest BCUT2D eigenvalue weighted by atomic mass is 10.1. The second-order valence-corrected chi connectivity index (χ2v) is 4.09. The van der Waals surface area contributed by atoms with E-state index in [0.29, 0.717) is 10.2 Å². The van der Waals surface area contributed by atoms with E-state index in [1.54, 1.807) is 13.0 Å². The first kappa shape index (κ1) is 14.5. The minimum absolute atomic E-state index is 0.107. The standard InChI is InChI=1S/C12H13BrO5/c1-4-18-12(15)11(14)7-5-10(17-3)8(13)6-9(7)16-2/h5-6H,4H2,1-3H3. The van der Waals surface area contributed by atoms with Gasteiger partial charge in [-0.2, -0.15) is 0 Å². The molecule has 0 fully saturated rings. The van der Waals surface area contributed by atoms with Crippen molar-refractivity contribution in [3.8, 4) is 11.5 Å². The molecule has 0 radical (unpaired) electrons. The minimum atomic E-state index is -0.917. The maximum atomic E-state index is 11.9. The summed E-state index contributed by atoms with van der Waals surface area (Å²) >= 11 is 3.27. The van der Waals surface area contributed by atoms with Crippen molar-refractivity contribution in [3.63, 3.8) is 0 Å². The third kappa shape index (κ3) is 3.01. The van der Waals surface area contributed by atoms with Crippen LogP contribution in [0.5, 0.6) is 11.5 Å². The van der Waals surface area contributed by atoms with Crippen LogP contribution in [0, 0.1) is 0 Å². The fourth-order valence-corrected chi connectivity index (χ4v) is 1.83. The lowest BCUT2D eigenvalue weighted by Crippen LogP contribution is -2.18. The van der Waals surface area contributed by atoms with Gasteiger partial charge in [0.2, 0.25) is 0 Å². The van der Waals surface area contributed by atoms with E-state index >= 15 is 0 Å². The molecule has 0 unspecified atom stereocenters. The molecule has 1 aromatic rings. The largest absolute Gasteiger partial charge is 0.496 e. The van der Waals surface area contributed by atoms with Gasteiger partial charge in [0.1, 0.15) is 11.5 Å². The highest BCUT2D eigenvalue weighted by Gasteiger charge is 2.23. The Balaban J connectivity index is 3.21. The van der Waals surface area contributed by atoms with Gasteiger partial charge in [-0.15, -0.1) is 0 Å². The molecule has 98 valence electrons. The van der Waals surface area contributed by atoms with Crippen LogP contribution in [0.15, 0.2) is 16.6 Å². The van der Waals surface area contributed by atoms with Gasteiger partial charge in [0.05, 0.1) is 30.9 Å². The van der Waals surface area contributed by atoms with Gasteiger partial charge in [-0.05, 0) is 35.0 Å². The number of methoxy groups -OCH3 is 2. The summed E-state index contributed by atoms with van der Waals surface area (Å²) < 4.78 is 15.4. The topological polar surface area (TPSA) is 61.8 Å². The molecule has 0 aromatic heterocycles. The van der Waals surface area contributed by atoms with Gasteiger partial charge in [-0.25, -0.2) is 4.79 Å². The van der Waals surface area contributed by atoms with Crippen LogP contribution in [0.1, 0.15) is 17.3 Å². The second kappa shape index (κ2) is 6.39. The Labute approximate surface area is 113 Å². The summed E-state index contributed by atoms with van der Waals surface area (Å²) in [6.45, 7) is 1.77. The van der Waals surface area contributed by atoms with E-state index in [4.69, 9.17) is 9.47 Å². The molecular weight excluding hydrogens is 304 g/mol. The maximum Gasteiger partial charge on any atom is 0.379 e. The molecule has 0 saturated carbocycles. The van der Waals surface area contributed by atoms with Crippen LogP contribution in [-0.2, 0) is 9.53 Å². The van der Waals surface area contributed by atoms with Crippen molar-refractivity contribution in [2.24, 2.45) is 0 Å². The first-order valence-corrected chi connectivity index (χ1v) is 5.97. The average Bonchev–Trinajstić information content (AvgIpc) is 2.37. The molecule has 0 bridgehead atoms. The molecule has 1 aromatic carbocycles. The Morgan fingerprint density at radius 2 is 1.78 bits per heavy atom. The number of carbonyl (C=O) groups is 2. The number of ether oxygens (including phenoxy) is 3. The van der Waals surface area contributed by atoms with Crippen molar-refractivity contribution < 1.29 is 23.8 Å². The summed E-state index contributed by atoms with van der Waals surface area (Å²) in [5.41, 5.74) is 0.107. The van der Waals surface area contributed by atoms with Crippen molar-refractivity contribution in [2.45, 2.75) is 6.92 Å². The summed E-state index contributed by atoms with van der Waals surface area (Å²) in [7, 11) is 2.88. The highest BCUT2D eigenvalue weighted by atomic mass is 79.9. The van der Waals surface area contributed by atoms with Crippen LogP contribution in [-0.4, -0.2) is 32.6 Å². The van der Waals surface area contributed by atoms with Gasteiger partial charge in [-0.1, -0.05) is 0 Å². The van der Waals surface area contributed by atoms with E-state index in [-0.39, 0.29) is 17.9 Å². The second-order valence-electron chi connectivity index (χ2n) is 3.24. The quantitative estimate of drug-likeness (QED) is 0.473. The number of hydrogen-bond donors (Lipinski definition) is 0. The third-order valence-electron chi connectivity index (χ3n) is 2.18. The first-order valence-electron chi connectivity index (χ1n) is 5.18. The molecule has 0 spiro atoms. The predicted octanol–water partition coefficient (Wildman–Crippen LogP) is 2.21. The van der Waals surface area contributed by atoms with E-state index in [2.05, 4.69) is 20.7 Å². The van der Waals surface area contributed by atoms with Crippen LogP contribution >= 0.6 is 15.9 Å². The first-order chi connectivity index (χ1) is 8.54. The van der Waals surface area contributed by atoms with E-state index in [0.717, 1.165) is 0 Å². The lowest BCUT2D eigenvalue weighted by Gasteiger charge is -2.10. The van der Waals surface area contributed by atoms with Crippen LogP contribution in [0.2, 0.25) is 0 Å². The Kier molecular flexibility index (Phi) is 5.15. The summed E-state index contributed by atoms with van der Waals surface area (Å²) in [6, 6.07) is 2.99. The van der Waals surface area contributed by atoms with Crippen LogP contribution in [0.4, 0.5) is 0 Å². The summed E-state index contributed by atoms with van der Waals surface area (Å²) in [4.78, 5) is 23.3. The minimum Gasteiger partial charge on any atom is -0.496 e. The molecule has 0 atom stereocenters. The highest BCUT2D eigenvalue weighted by Crippen LogP contribution is 2.33. The molecule has 0 heterocycles. The number of esters is 1. The molecule has 18 heavy (non-hydrogen) atoms. The number of carbonyl (C=O) groups excluding carboxylic acids is 2. The number of benzene rings is 1. The fourth-order valence-electron chi connectivity index (χ4n) is 1.34. The Morgan fingerprint density at radius 1 is 1.17 bits per heavy atom. The molecule has 6 heteroatoms. The normalized spacial score (nSPS) is 9.78. The molecular formula is C12H13BrO5. The lowest BCUT2D eigenvalue weighted by molar-refractivity contribution is -0.137. The van der Waals surface area contributed by atoms with Crippen LogP contribution in [0.3, 0.4) is 0 Å². The SMILES string of the molecule is CCOC(=O)C(=O)c1cc(OC)c(Br)cc1OC. The number of rotatable bonds is 5. The zero-order valence-electron chi connectivity index (χ0n) is 10.3. The van der Waals surface area contributed by atoms with Gasteiger partial charge in [-0.3, -0.25) is 4.79 Å². The van der Waals surface area contributed by atoms with Gasteiger partial charge in [0.25, 0.3) is 5.78 Å². The highest BCUT2D eigenvalue weighted by molar-refractivity contribution is 9.10. The molecule has 0 amide bonds. The van der Waals surface area contributed by atoms with Gasteiger partial charge in [0.15, 0.2) is 0 Å². The van der Waals surface area contributed by atoms with E-state index in [1.807, 2.05) is 0 Å². The molecule has 0 aliphatic rings. The van der Waals surface area contributed by atoms with Crippen molar-refractivity contribution in [2.75, 3.05) is 20.8 Å². The number of ketones is 1.